The molecule has 0 atom stereocenters. The molecular weight excluding hydrogens is 374 g/mol. The Hall–Kier alpha value is -2.53. The molecule has 1 heterocycles. The summed E-state index contributed by atoms with van der Waals surface area (Å²) in [5, 5.41) is 2.93. The Kier molecular flexibility index (Phi) is 7.08. The first-order chi connectivity index (χ1) is 12.8. The highest BCUT2D eigenvalue weighted by Crippen LogP contribution is 2.22. The number of nitrogen functional groups attached to an aromatic ring is 1. The van der Waals surface area contributed by atoms with E-state index in [9.17, 15) is 9.59 Å². The first kappa shape index (κ1) is 21.8. The van der Waals surface area contributed by atoms with Crippen LogP contribution < -0.4 is 11.1 Å². The number of halogens is 1. The third kappa shape index (κ3) is 4.84. The summed E-state index contributed by atoms with van der Waals surface area (Å²) in [6.45, 7) is 7.63. The molecule has 2 aromatic carbocycles. The number of benzene rings is 2. The molecule has 0 spiro atoms. The number of amides is 2. The third-order valence-electron chi connectivity index (χ3n) is 5.30. The second-order valence-corrected chi connectivity index (χ2v) is 7.53. The molecular formula is C22H28ClN3O2. The molecule has 28 heavy (non-hydrogen) atoms. The highest BCUT2D eigenvalue weighted by Gasteiger charge is 2.22. The summed E-state index contributed by atoms with van der Waals surface area (Å²) in [5.74, 6) is 0.547. The van der Waals surface area contributed by atoms with Gasteiger partial charge in [-0.2, -0.15) is 0 Å². The summed E-state index contributed by atoms with van der Waals surface area (Å²) in [5.41, 5.74) is 10.0. The van der Waals surface area contributed by atoms with Crippen molar-refractivity contribution < 1.29 is 9.59 Å². The van der Waals surface area contributed by atoms with E-state index >= 15 is 0 Å². The van der Waals surface area contributed by atoms with Crippen molar-refractivity contribution in [2.45, 2.75) is 33.6 Å². The molecule has 0 unspecified atom stereocenters. The highest BCUT2D eigenvalue weighted by molar-refractivity contribution is 6.06. The summed E-state index contributed by atoms with van der Waals surface area (Å²) >= 11 is 0. The maximum atomic E-state index is 12.7. The van der Waals surface area contributed by atoms with Gasteiger partial charge in [-0.15, -0.1) is 12.4 Å². The van der Waals surface area contributed by atoms with Gasteiger partial charge in [0, 0.05) is 35.6 Å². The number of likely N-dealkylation sites (tertiary alicyclic amines) is 1. The predicted molar refractivity (Wildman–Crippen MR) is 116 cm³/mol. The molecule has 1 fully saturated rings. The molecule has 5 nitrogen and oxygen atoms in total. The van der Waals surface area contributed by atoms with Gasteiger partial charge in [0.2, 0.25) is 0 Å². The molecule has 0 bridgehead atoms. The fourth-order valence-corrected chi connectivity index (χ4v) is 3.41. The Bertz CT molecular complexity index is 874. The van der Waals surface area contributed by atoms with E-state index in [1.165, 1.54) is 0 Å². The van der Waals surface area contributed by atoms with Gasteiger partial charge >= 0.3 is 0 Å². The summed E-state index contributed by atoms with van der Waals surface area (Å²) in [4.78, 5) is 27.2. The minimum absolute atomic E-state index is 0. The lowest BCUT2D eigenvalue weighted by Crippen LogP contribution is -2.37. The summed E-state index contributed by atoms with van der Waals surface area (Å²) in [7, 11) is 0. The quantitative estimate of drug-likeness (QED) is 0.747. The average molecular weight is 402 g/mol. The first-order valence-electron chi connectivity index (χ1n) is 9.42. The first-order valence-corrected chi connectivity index (χ1v) is 9.42. The zero-order valence-corrected chi connectivity index (χ0v) is 17.4. The van der Waals surface area contributed by atoms with Crippen LogP contribution in [0.3, 0.4) is 0 Å². The molecule has 1 aliphatic heterocycles. The lowest BCUT2D eigenvalue weighted by molar-refractivity contribution is 0.0697. The van der Waals surface area contributed by atoms with Crippen LogP contribution in [0.25, 0.3) is 0 Å². The Morgan fingerprint density at radius 3 is 2.36 bits per heavy atom. The molecule has 150 valence electrons. The minimum atomic E-state index is -0.202. The molecule has 0 aromatic heterocycles. The number of nitrogens with one attached hydrogen (secondary N) is 1. The van der Waals surface area contributed by atoms with Crippen LogP contribution in [0.4, 0.5) is 11.4 Å². The molecule has 2 amide bonds. The van der Waals surface area contributed by atoms with Gasteiger partial charge in [0.1, 0.15) is 0 Å². The number of piperidine rings is 1. The van der Waals surface area contributed by atoms with E-state index in [0.717, 1.165) is 37.1 Å². The number of anilines is 2. The predicted octanol–water partition coefficient (Wildman–Crippen LogP) is 4.43. The van der Waals surface area contributed by atoms with Crippen LogP contribution in [0.1, 0.15) is 51.6 Å². The minimum Gasteiger partial charge on any atom is -0.399 e. The van der Waals surface area contributed by atoms with Crippen LogP contribution in [0, 0.1) is 19.8 Å². The van der Waals surface area contributed by atoms with Crippen LogP contribution in [0.15, 0.2) is 36.4 Å². The second-order valence-electron chi connectivity index (χ2n) is 7.53. The summed E-state index contributed by atoms with van der Waals surface area (Å²) in [6.07, 6.45) is 2.11. The van der Waals surface area contributed by atoms with Gasteiger partial charge in [-0.25, -0.2) is 0 Å². The van der Waals surface area contributed by atoms with Gasteiger partial charge in [0.15, 0.2) is 0 Å². The van der Waals surface area contributed by atoms with E-state index in [1.807, 2.05) is 30.9 Å². The van der Waals surface area contributed by atoms with E-state index in [2.05, 4.69) is 12.2 Å². The number of nitrogens with zero attached hydrogens (tertiary/aromatic N) is 1. The fraction of sp³-hybridized carbons (Fsp3) is 0.364. The number of hydrogen-bond acceptors (Lipinski definition) is 3. The SMILES string of the molecule is Cc1cc(C(=O)N2CCC(C)CC2)ccc1NC(=O)c1cc(N)ccc1C.Cl. The Labute approximate surface area is 172 Å². The van der Waals surface area contributed by atoms with Crippen molar-refractivity contribution in [3.8, 4) is 0 Å². The van der Waals surface area contributed by atoms with E-state index < -0.39 is 0 Å². The van der Waals surface area contributed by atoms with Crippen molar-refractivity contribution in [2.75, 3.05) is 24.1 Å². The standard InChI is InChI=1S/C22H27N3O2.ClH/c1-14-8-10-25(11-9-14)22(27)17-5-7-20(16(3)12-17)24-21(26)19-13-18(23)6-4-15(19)2;/h4-7,12-14H,8-11,23H2,1-3H3,(H,24,26);1H. The number of nitrogens with two attached hydrogens (primary N) is 1. The lowest BCUT2D eigenvalue weighted by Gasteiger charge is -2.30. The Morgan fingerprint density at radius 1 is 1.04 bits per heavy atom. The summed E-state index contributed by atoms with van der Waals surface area (Å²) < 4.78 is 0. The van der Waals surface area contributed by atoms with Crippen molar-refractivity contribution >= 4 is 35.6 Å². The molecule has 3 N–H and O–H groups in total. The fourth-order valence-electron chi connectivity index (χ4n) is 3.41. The van der Waals surface area contributed by atoms with E-state index in [0.29, 0.717) is 28.4 Å². The highest BCUT2D eigenvalue weighted by atomic mass is 35.5. The van der Waals surface area contributed by atoms with Gasteiger partial charge in [0.05, 0.1) is 0 Å². The van der Waals surface area contributed by atoms with E-state index in [1.54, 1.807) is 24.3 Å². The van der Waals surface area contributed by atoms with Gasteiger partial charge in [-0.1, -0.05) is 13.0 Å². The Morgan fingerprint density at radius 2 is 1.71 bits per heavy atom. The van der Waals surface area contributed by atoms with Crippen molar-refractivity contribution in [1.82, 2.24) is 4.90 Å². The van der Waals surface area contributed by atoms with Crippen LogP contribution >= 0.6 is 12.4 Å². The van der Waals surface area contributed by atoms with Gasteiger partial charge in [-0.05, 0) is 74.1 Å². The van der Waals surface area contributed by atoms with Gasteiger partial charge in [-0.3, -0.25) is 9.59 Å². The van der Waals surface area contributed by atoms with Crippen molar-refractivity contribution in [3.63, 3.8) is 0 Å². The van der Waals surface area contributed by atoms with Crippen LogP contribution in [0.2, 0.25) is 0 Å². The van der Waals surface area contributed by atoms with Gasteiger partial charge in [0.25, 0.3) is 11.8 Å². The zero-order valence-electron chi connectivity index (χ0n) is 16.6. The van der Waals surface area contributed by atoms with E-state index in [-0.39, 0.29) is 24.2 Å². The largest absolute Gasteiger partial charge is 0.399 e. The van der Waals surface area contributed by atoms with Gasteiger partial charge < -0.3 is 16.0 Å². The second kappa shape index (κ2) is 9.11. The molecule has 2 aromatic rings. The molecule has 0 radical (unpaired) electrons. The van der Waals surface area contributed by atoms with Crippen LogP contribution in [0.5, 0.6) is 0 Å². The van der Waals surface area contributed by atoms with Crippen molar-refractivity contribution in [2.24, 2.45) is 5.92 Å². The normalized spacial score (nSPS) is 14.3. The third-order valence-corrected chi connectivity index (χ3v) is 5.30. The van der Waals surface area contributed by atoms with Crippen molar-refractivity contribution in [3.05, 3.63) is 58.7 Å². The molecule has 0 saturated carbocycles. The number of hydrogen-bond donors (Lipinski definition) is 2. The molecule has 6 heteroatoms. The van der Waals surface area contributed by atoms with Crippen molar-refractivity contribution in [1.29, 1.82) is 0 Å². The van der Waals surface area contributed by atoms with Crippen LogP contribution in [-0.2, 0) is 0 Å². The average Bonchev–Trinajstić information content (AvgIpc) is 2.65. The maximum Gasteiger partial charge on any atom is 0.256 e. The number of aryl methyl sites for hydroxylation is 2. The smallest absolute Gasteiger partial charge is 0.256 e. The Balaban J connectivity index is 0.00000280. The maximum absolute atomic E-state index is 12.7. The number of carbonyl (C=O) groups excluding carboxylic acids is 2. The molecule has 1 aliphatic rings. The van der Waals surface area contributed by atoms with Crippen LogP contribution in [-0.4, -0.2) is 29.8 Å². The summed E-state index contributed by atoms with van der Waals surface area (Å²) in [6, 6.07) is 10.7. The number of carbonyl (C=O) groups is 2. The molecule has 1 saturated heterocycles. The monoisotopic (exact) mass is 401 g/mol. The topological polar surface area (TPSA) is 75.4 Å². The number of rotatable bonds is 3. The molecule has 3 rings (SSSR count). The van der Waals surface area contributed by atoms with E-state index in [4.69, 9.17) is 5.73 Å². The lowest BCUT2D eigenvalue weighted by atomic mass is 9.98. The zero-order chi connectivity index (χ0) is 19.6. The molecule has 0 aliphatic carbocycles.